The monoisotopic (exact) mass is 296 g/mol. The van der Waals surface area contributed by atoms with Crippen molar-refractivity contribution < 1.29 is 0 Å². The molecule has 1 atom stereocenters. The molecule has 0 heterocycles. The summed E-state index contributed by atoms with van der Waals surface area (Å²) in [5.74, 6) is 0.554. The summed E-state index contributed by atoms with van der Waals surface area (Å²) in [6.07, 6.45) is 0. The lowest BCUT2D eigenvalue weighted by Gasteiger charge is -2.27. The van der Waals surface area contributed by atoms with Crippen molar-refractivity contribution in [2.24, 2.45) is 0 Å². The first-order valence-electron chi connectivity index (χ1n) is 8.46. The van der Waals surface area contributed by atoms with Gasteiger partial charge in [0.1, 0.15) is 0 Å². The Morgan fingerprint density at radius 3 is 2.39 bits per heavy atom. The van der Waals surface area contributed by atoms with Gasteiger partial charge in [0, 0.05) is 0 Å². The van der Waals surface area contributed by atoms with Crippen molar-refractivity contribution in [1.29, 1.82) is 0 Å². The molecule has 0 aliphatic heterocycles. The van der Waals surface area contributed by atoms with Gasteiger partial charge in [-0.1, -0.05) is 75.4 Å². The molecular weight excluding hydrogens is 276 g/mol. The van der Waals surface area contributed by atoms with Gasteiger partial charge in [-0.25, -0.2) is 0 Å². The van der Waals surface area contributed by atoms with E-state index < -0.39 is 0 Å². The minimum absolute atomic E-state index is 0.171. The molecule has 0 spiro atoms. The van der Waals surface area contributed by atoms with Crippen LogP contribution in [0.5, 0.6) is 0 Å². The van der Waals surface area contributed by atoms with Crippen LogP contribution in [-0.2, 0) is 5.41 Å². The lowest BCUT2D eigenvalue weighted by Crippen LogP contribution is -2.19. The summed E-state index contributed by atoms with van der Waals surface area (Å²) < 4.78 is 0. The van der Waals surface area contributed by atoms with E-state index in [0.29, 0.717) is 5.92 Å². The summed E-state index contributed by atoms with van der Waals surface area (Å²) in [4.78, 5) is 0. The minimum atomic E-state index is 0.171. The van der Waals surface area contributed by atoms with Crippen molar-refractivity contribution in [1.82, 2.24) is 0 Å². The smallest absolute Gasteiger partial charge is 0.00250 e. The molecule has 1 aliphatic carbocycles. The Morgan fingerprint density at radius 1 is 0.739 bits per heavy atom. The number of rotatable bonds is 0. The van der Waals surface area contributed by atoms with Crippen LogP contribution in [0.1, 0.15) is 37.8 Å². The van der Waals surface area contributed by atoms with Gasteiger partial charge in [-0.2, -0.15) is 0 Å². The van der Waals surface area contributed by atoms with Gasteiger partial charge in [0.15, 0.2) is 0 Å². The van der Waals surface area contributed by atoms with E-state index in [1.807, 2.05) is 0 Å². The number of fused-ring (bicyclic) bond motifs is 4. The fourth-order valence-corrected chi connectivity index (χ4v) is 4.59. The summed E-state index contributed by atoms with van der Waals surface area (Å²) >= 11 is 0. The fraction of sp³-hybridized carbons (Fsp3) is 0.217. The van der Waals surface area contributed by atoms with Crippen LogP contribution in [0, 0.1) is 0 Å². The topological polar surface area (TPSA) is 0 Å². The standard InChI is InChI=1S/C23H20/c1-14-17-10-6-8-16-13-20-18-9-5-4-7-15(18)11-12-19(20)22(21(16)17)23(14,2)3/h4-14H,1-3H3. The van der Waals surface area contributed by atoms with Crippen LogP contribution in [0.25, 0.3) is 32.3 Å². The van der Waals surface area contributed by atoms with Crippen LogP contribution >= 0.6 is 0 Å². The first-order chi connectivity index (χ1) is 11.1. The number of hydrogen-bond acceptors (Lipinski definition) is 0. The summed E-state index contributed by atoms with van der Waals surface area (Å²) in [7, 11) is 0. The maximum absolute atomic E-state index is 2.40. The minimum Gasteiger partial charge on any atom is -0.0616 e. The Hall–Kier alpha value is -2.34. The molecule has 23 heavy (non-hydrogen) atoms. The Morgan fingerprint density at radius 2 is 1.52 bits per heavy atom. The summed E-state index contributed by atoms with van der Waals surface area (Å²) in [6, 6.07) is 22.6. The van der Waals surface area contributed by atoms with Gasteiger partial charge in [-0.05, 0) is 60.8 Å². The molecule has 5 rings (SSSR count). The first-order valence-corrected chi connectivity index (χ1v) is 8.46. The normalized spacial score (nSPS) is 19.0. The second kappa shape index (κ2) is 4.14. The van der Waals surface area contributed by atoms with Crippen molar-refractivity contribution in [2.45, 2.75) is 32.1 Å². The fourth-order valence-electron chi connectivity index (χ4n) is 4.59. The number of hydrogen-bond donors (Lipinski definition) is 0. The van der Waals surface area contributed by atoms with Gasteiger partial charge in [-0.15, -0.1) is 0 Å². The average Bonchev–Trinajstić information content (AvgIpc) is 2.77. The maximum atomic E-state index is 2.40. The van der Waals surface area contributed by atoms with Gasteiger partial charge in [0.05, 0.1) is 0 Å². The molecule has 4 aromatic carbocycles. The maximum Gasteiger partial charge on any atom is -0.00250 e. The van der Waals surface area contributed by atoms with Crippen LogP contribution in [0.2, 0.25) is 0 Å². The highest BCUT2D eigenvalue weighted by atomic mass is 14.4. The van der Waals surface area contributed by atoms with Crippen LogP contribution in [0.15, 0.2) is 60.7 Å². The van der Waals surface area contributed by atoms with Crippen LogP contribution in [0.3, 0.4) is 0 Å². The highest BCUT2D eigenvalue weighted by Crippen LogP contribution is 2.53. The molecule has 1 aliphatic rings. The first kappa shape index (κ1) is 13.1. The van der Waals surface area contributed by atoms with Crippen LogP contribution < -0.4 is 0 Å². The molecule has 0 aromatic heterocycles. The molecule has 1 unspecified atom stereocenters. The lowest BCUT2D eigenvalue weighted by atomic mass is 9.76. The zero-order valence-electron chi connectivity index (χ0n) is 13.9. The molecule has 0 heteroatoms. The zero-order chi connectivity index (χ0) is 15.8. The van der Waals surface area contributed by atoms with Crippen molar-refractivity contribution in [2.75, 3.05) is 0 Å². The average molecular weight is 296 g/mol. The van der Waals surface area contributed by atoms with E-state index in [1.54, 1.807) is 5.56 Å². The summed E-state index contributed by atoms with van der Waals surface area (Å²) in [5.41, 5.74) is 3.22. The van der Waals surface area contributed by atoms with E-state index in [0.717, 1.165) is 0 Å². The molecule has 0 radical (unpaired) electrons. The largest absolute Gasteiger partial charge is 0.0616 e. The third-order valence-corrected chi connectivity index (χ3v) is 6.11. The van der Waals surface area contributed by atoms with E-state index in [-0.39, 0.29) is 5.41 Å². The van der Waals surface area contributed by atoms with Gasteiger partial charge < -0.3 is 0 Å². The lowest BCUT2D eigenvalue weighted by molar-refractivity contribution is 0.462. The van der Waals surface area contributed by atoms with Crippen molar-refractivity contribution >= 4 is 32.3 Å². The predicted molar refractivity (Wildman–Crippen MR) is 100 cm³/mol. The van der Waals surface area contributed by atoms with Crippen LogP contribution in [0.4, 0.5) is 0 Å². The molecule has 4 aromatic rings. The Labute approximate surface area is 136 Å². The molecule has 0 saturated heterocycles. The van der Waals surface area contributed by atoms with Crippen LogP contribution in [-0.4, -0.2) is 0 Å². The molecule has 0 saturated carbocycles. The van der Waals surface area contributed by atoms with Gasteiger partial charge in [-0.3, -0.25) is 0 Å². The summed E-state index contributed by atoms with van der Waals surface area (Å²) in [5, 5.41) is 8.39. The third kappa shape index (κ3) is 1.51. The Balaban J connectivity index is 2.10. The van der Waals surface area contributed by atoms with E-state index in [4.69, 9.17) is 0 Å². The molecule has 0 fully saturated rings. The van der Waals surface area contributed by atoms with E-state index >= 15 is 0 Å². The highest BCUT2D eigenvalue weighted by molar-refractivity contribution is 6.15. The van der Waals surface area contributed by atoms with Crippen molar-refractivity contribution in [3.05, 3.63) is 71.8 Å². The second-order valence-corrected chi connectivity index (χ2v) is 7.52. The molecule has 0 bridgehead atoms. The Kier molecular flexibility index (Phi) is 2.36. The predicted octanol–water partition coefficient (Wildman–Crippen LogP) is 6.54. The quantitative estimate of drug-likeness (QED) is 0.255. The third-order valence-electron chi connectivity index (χ3n) is 6.11. The highest BCUT2D eigenvalue weighted by Gasteiger charge is 2.39. The van der Waals surface area contributed by atoms with Gasteiger partial charge >= 0.3 is 0 Å². The van der Waals surface area contributed by atoms with Crippen molar-refractivity contribution in [3.8, 4) is 0 Å². The molecule has 0 amide bonds. The molecule has 0 N–H and O–H groups in total. The SMILES string of the molecule is CC1c2cccc3cc4c(ccc5ccccc54)c(c23)C1(C)C. The molecular formula is C23H20. The van der Waals surface area contributed by atoms with Crippen molar-refractivity contribution in [3.63, 3.8) is 0 Å². The van der Waals surface area contributed by atoms with E-state index in [9.17, 15) is 0 Å². The molecule has 0 nitrogen and oxygen atoms in total. The van der Waals surface area contributed by atoms with Gasteiger partial charge in [0.2, 0.25) is 0 Å². The van der Waals surface area contributed by atoms with E-state index in [2.05, 4.69) is 81.4 Å². The number of benzene rings is 4. The zero-order valence-corrected chi connectivity index (χ0v) is 13.9. The Bertz CT molecular complexity index is 1100. The second-order valence-electron chi connectivity index (χ2n) is 7.52. The molecule has 112 valence electrons. The summed E-state index contributed by atoms with van der Waals surface area (Å²) in [6.45, 7) is 7.18. The van der Waals surface area contributed by atoms with Gasteiger partial charge in [0.25, 0.3) is 0 Å². The van der Waals surface area contributed by atoms with E-state index in [1.165, 1.54) is 37.9 Å².